The zero-order valence-corrected chi connectivity index (χ0v) is 12.8. The van der Waals surface area contributed by atoms with E-state index >= 15 is 0 Å². The minimum absolute atomic E-state index is 0.0456. The van der Waals surface area contributed by atoms with Crippen molar-refractivity contribution >= 4 is 27.7 Å². The molecule has 0 bridgehead atoms. The lowest BCUT2D eigenvalue weighted by molar-refractivity contribution is -0.122. The molecule has 0 fully saturated rings. The highest BCUT2D eigenvalue weighted by atomic mass is 32.2. The maximum absolute atomic E-state index is 11.7. The van der Waals surface area contributed by atoms with Gasteiger partial charge < -0.3 is 11.1 Å². The van der Waals surface area contributed by atoms with E-state index in [2.05, 4.69) is 5.32 Å². The van der Waals surface area contributed by atoms with E-state index in [1.165, 1.54) is 12.1 Å². The molecule has 0 saturated heterocycles. The van der Waals surface area contributed by atoms with Gasteiger partial charge in [-0.3, -0.25) is 4.79 Å². The molecule has 0 saturated carbocycles. The first kappa shape index (κ1) is 17.0. The van der Waals surface area contributed by atoms with Gasteiger partial charge in [-0.25, -0.2) is 13.6 Å². The van der Waals surface area contributed by atoms with Gasteiger partial charge in [0.25, 0.3) is 0 Å². The Labute approximate surface area is 123 Å². The summed E-state index contributed by atoms with van der Waals surface area (Å²) in [6, 6.07) is 5.50. The molecule has 6 nitrogen and oxygen atoms in total. The maximum atomic E-state index is 11.7. The van der Waals surface area contributed by atoms with Crippen molar-refractivity contribution in [2.75, 3.05) is 12.0 Å². The minimum Gasteiger partial charge on any atom is -0.351 e. The van der Waals surface area contributed by atoms with Crippen molar-refractivity contribution < 1.29 is 13.2 Å². The number of primary sulfonamides is 1. The topological polar surface area (TPSA) is 115 Å². The van der Waals surface area contributed by atoms with Gasteiger partial charge >= 0.3 is 0 Å². The van der Waals surface area contributed by atoms with E-state index in [1.807, 2.05) is 6.26 Å². The third-order valence-corrected chi connectivity index (χ3v) is 4.26. The van der Waals surface area contributed by atoms with Gasteiger partial charge in [-0.05, 0) is 36.1 Å². The lowest BCUT2D eigenvalue weighted by Crippen LogP contribution is -2.40. The number of benzene rings is 1. The number of nitrogens with two attached hydrogens (primary N) is 2. The van der Waals surface area contributed by atoms with Gasteiger partial charge in [0, 0.05) is 6.54 Å². The van der Waals surface area contributed by atoms with E-state index in [0.717, 1.165) is 11.3 Å². The molecule has 8 heteroatoms. The van der Waals surface area contributed by atoms with Crippen LogP contribution in [0.3, 0.4) is 0 Å². The second-order valence-electron chi connectivity index (χ2n) is 4.29. The smallest absolute Gasteiger partial charge is 0.238 e. The van der Waals surface area contributed by atoms with Crippen molar-refractivity contribution in [2.45, 2.75) is 23.9 Å². The highest BCUT2D eigenvalue weighted by Crippen LogP contribution is 2.08. The lowest BCUT2D eigenvalue weighted by atomic mass is 10.2. The number of carbonyl (C=O) groups excluding carboxylic acids is 1. The molecule has 0 aliphatic heterocycles. The molecular weight excluding hydrogens is 298 g/mol. The van der Waals surface area contributed by atoms with E-state index in [9.17, 15) is 13.2 Å². The third-order valence-electron chi connectivity index (χ3n) is 2.69. The molecule has 0 unspecified atom stereocenters. The van der Waals surface area contributed by atoms with Crippen LogP contribution >= 0.6 is 11.8 Å². The number of hydrogen-bond donors (Lipinski definition) is 3. The molecule has 1 aromatic carbocycles. The molecule has 0 aliphatic rings. The molecule has 0 radical (unpaired) electrons. The lowest BCUT2D eigenvalue weighted by Gasteiger charge is -2.11. The van der Waals surface area contributed by atoms with Crippen molar-refractivity contribution in [1.29, 1.82) is 0 Å². The second kappa shape index (κ2) is 7.63. The fraction of sp³-hybridized carbons (Fsp3) is 0.417. The van der Waals surface area contributed by atoms with Crippen molar-refractivity contribution in [2.24, 2.45) is 10.9 Å². The fourth-order valence-electron chi connectivity index (χ4n) is 1.49. The average molecular weight is 317 g/mol. The van der Waals surface area contributed by atoms with Crippen molar-refractivity contribution in [3.8, 4) is 0 Å². The molecule has 0 aromatic heterocycles. The maximum Gasteiger partial charge on any atom is 0.238 e. The number of amides is 1. The number of sulfonamides is 1. The van der Waals surface area contributed by atoms with Crippen LogP contribution in [0.2, 0.25) is 0 Å². The molecule has 0 heterocycles. The summed E-state index contributed by atoms with van der Waals surface area (Å²) < 4.78 is 22.2. The number of rotatable bonds is 7. The van der Waals surface area contributed by atoms with Gasteiger partial charge in [0.05, 0.1) is 10.9 Å². The van der Waals surface area contributed by atoms with E-state index in [1.54, 1.807) is 23.9 Å². The van der Waals surface area contributed by atoms with E-state index in [0.29, 0.717) is 13.0 Å². The Bertz CT molecular complexity index is 544. The van der Waals surface area contributed by atoms with Gasteiger partial charge in [0.1, 0.15) is 0 Å². The molecule has 5 N–H and O–H groups in total. The predicted octanol–water partition coefficient (Wildman–Crippen LogP) is 0.0306. The third kappa shape index (κ3) is 5.49. The van der Waals surface area contributed by atoms with Crippen LogP contribution in [-0.4, -0.2) is 32.4 Å². The number of carbonyl (C=O) groups is 1. The second-order valence-corrected chi connectivity index (χ2v) is 6.84. The molecule has 112 valence electrons. The summed E-state index contributed by atoms with van der Waals surface area (Å²) in [6.07, 6.45) is 2.58. The number of thioether (sulfide) groups is 1. The van der Waals surface area contributed by atoms with Crippen LogP contribution in [-0.2, 0) is 21.4 Å². The normalized spacial score (nSPS) is 12.9. The summed E-state index contributed by atoms with van der Waals surface area (Å²) in [5, 5.41) is 7.71. The zero-order valence-electron chi connectivity index (χ0n) is 11.2. The zero-order chi connectivity index (χ0) is 15.2. The van der Waals surface area contributed by atoms with E-state index in [4.69, 9.17) is 10.9 Å². The molecule has 0 aliphatic carbocycles. The SMILES string of the molecule is CSCC[C@@H](N)C(=O)NCc1ccc(S(N)(=O)=O)cc1. The van der Waals surface area contributed by atoms with Crippen molar-refractivity contribution in [3.63, 3.8) is 0 Å². The number of nitrogens with one attached hydrogen (secondary N) is 1. The number of hydrogen-bond acceptors (Lipinski definition) is 5. The highest BCUT2D eigenvalue weighted by molar-refractivity contribution is 7.98. The van der Waals surface area contributed by atoms with Gasteiger partial charge in [-0.1, -0.05) is 12.1 Å². The van der Waals surface area contributed by atoms with Crippen LogP contribution in [0.25, 0.3) is 0 Å². The Morgan fingerprint density at radius 2 is 1.95 bits per heavy atom. The molecule has 1 rings (SSSR count). The Kier molecular flexibility index (Phi) is 6.47. The fourth-order valence-corrected chi connectivity index (χ4v) is 2.50. The summed E-state index contributed by atoms with van der Waals surface area (Å²) in [6.45, 7) is 0.302. The first-order valence-corrected chi connectivity index (χ1v) is 8.92. The molecule has 1 amide bonds. The van der Waals surface area contributed by atoms with Gasteiger partial charge in [-0.2, -0.15) is 11.8 Å². The monoisotopic (exact) mass is 317 g/mol. The summed E-state index contributed by atoms with van der Waals surface area (Å²) >= 11 is 1.64. The quantitative estimate of drug-likeness (QED) is 0.656. The van der Waals surface area contributed by atoms with Crippen molar-refractivity contribution in [1.82, 2.24) is 5.32 Å². The molecule has 20 heavy (non-hydrogen) atoms. The van der Waals surface area contributed by atoms with Gasteiger partial charge in [-0.15, -0.1) is 0 Å². The summed E-state index contributed by atoms with van der Waals surface area (Å²) in [5.74, 6) is 0.618. The van der Waals surface area contributed by atoms with Crippen LogP contribution in [0.1, 0.15) is 12.0 Å². The van der Waals surface area contributed by atoms with Crippen LogP contribution in [0.4, 0.5) is 0 Å². The largest absolute Gasteiger partial charge is 0.351 e. The van der Waals surface area contributed by atoms with Crippen LogP contribution in [0, 0.1) is 0 Å². The predicted molar refractivity (Wildman–Crippen MR) is 80.6 cm³/mol. The first-order chi connectivity index (χ1) is 9.34. The molecule has 0 spiro atoms. The Morgan fingerprint density at radius 1 is 1.35 bits per heavy atom. The van der Waals surface area contributed by atoms with Crippen LogP contribution in [0.15, 0.2) is 29.2 Å². The summed E-state index contributed by atoms with van der Waals surface area (Å²) in [7, 11) is -3.68. The van der Waals surface area contributed by atoms with Gasteiger partial charge in [0.2, 0.25) is 15.9 Å². The van der Waals surface area contributed by atoms with Crippen LogP contribution < -0.4 is 16.2 Å². The standard InChI is InChI=1S/C12H19N3O3S2/c1-19-7-6-11(13)12(16)15-8-9-2-4-10(5-3-9)20(14,17)18/h2-5,11H,6-8,13H2,1H3,(H,15,16)(H2,14,17,18)/t11-/m1/s1. The summed E-state index contributed by atoms with van der Waals surface area (Å²) in [5.41, 5.74) is 6.51. The van der Waals surface area contributed by atoms with Gasteiger partial charge in [0.15, 0.2) is 0 Å². The van der Waals surface area contributed by atoms with Crippen molar-refractivity contribution in [3.05, 3.63) is 29.8 Å². The van der Waals surface area contributed by atoms with E-state index < -0.39 is 16.1 Å². The first-order valence-electron chi connectivity index (χ1n) is 5.98. The molecular formula is C12H19N3O3S2. The summed E-state index contributed by atoms with van der Waals surface area (Å²) in [4.78, 5) is 11.7. The van der Waals surface area contributed by atoms with Crippen LogP contribution in [0.5, 0.6) is 0 Å². The Balaban J connectivity index is 2.52. The molecule has 1 aromatic rings. The van der Waals surface area contributed by atoms with E-state index in [-0.39, 0.29) is 10.8 Å². The Hall–Kier alpha value is -1.09. The highest BCUT2D eigenvalue weighted by Gasteiger charge is 2.12. The Morgan fingerprint density at radius 3 is 2.45 bits per heavy atom. The minimum atomic E-state index is -3.68. The average Bonchev–Trinajstić information content (AvgIpc) is 2.41. The molecule has 1 atom stereocenters.